The molecular weight excluding hydrogens is 1170 g/mol. The zero-order valence-corrected chi connectivity index (χ0v) is 51.3. The van der Waals surface area contributed by atoms with E-state index in [1.807, 2.05) is 6.92 Å². The molecule has 0 bridgehead atoms. The highest BCUT2D eigenvalue weighted by Gasteiger charge is 2.69. The molecule has 36 atom stereocenters. The van der Waals surface area contributed by atoms with Gasteiger partial charge in [0.2, 0.25) is 0 Å². The molecule has 28 nitrogen and oxygen atoms in total. The first-order valence-electron chi connectivity index (χ1n) is 31.6. The van der Waals surface area contributed by atoms with Crippen molar-refractivity contribution in [2.75, 3.05) is 33.5 Å². The van der Waals surface area contributed by atoms with Gasteiger partial charge in [0, 0.05) is 26.4 Å². The van der Waals surface area contributed by atoms with Crippen LogP contribution in [0.15, 0.2) is 11.6 Å². The van der Waals surface area contributed by atoms with Gasteiger partial charge in [-0.3, -0.25) is 4.79 Å². The maximum atomic E-state index is 12.3. The predicted octanol–water partition coefficient (Wildman–Crippen LogP) is -2.93. The number of esters is 1. The van der Waals surface area contributed by atoms with Crippen LogP contribution < -0.4 is 0 Å². The Hall–Kier alpha value is -1.83. The number of carbonyl (C=O) groups excluding carboxylic acids is 1. The summed E-state index contributed by atoms with van der Waals surface area (Å²) in [6.07, 6.45) is -31.0. The molecule has 6 saturated heterocycles. The van der Waals surface area contributed by atoms with E-state index in [1.54, 1.807) is 7.11 Å². The molecule has 14 N–H and O–H groups in total. The average molecular weight is 1270 g/mol. The zero-order chi connectivity index (χ0) is 63.8. The lowest BCUT2D eigenvalue weighted by molar-refractivity contribution is -0.398. The van der Waals surface area contributed by atoms with Gasteiger partial charge in [0.05, 0.1) is 44.2 Å². The number of hydrogen-bond acceptors (Lipinski definition) is 28. The van der Waals surface area contributed by atoms with Crippen molar-refractivity contribution in [2.45, 2.75) is 278 Å². The van der Waals surface area contributed by atoms with Crippen LogP contribution in [0.1, 0.15) is 106 Å². The molecule has 506 valence electrons. The summed E-state index contributed by atoms with van der Waals surface area (Å²) in [5.74, 6) is -0.191. The van der Waals surface area contributed by atoms with E-state index in [9.17, 15) is 76.3 Å². The molecule has 10 aliphatic rings. The van der Waals surface area contributed by atoms with Gasteiger partial charge in [0.25, 0.3) is 0 Å². The Kier molecular flexibility index (Phi) is 21.6. The fourth-order valence-corrected chi connectivity index (χ4v) is 16.9. The number of allylic oxidation sites excluding steroid dienone is 1. The lowest BCUT2D eigenvalue weighted by atomic mass is 9.47. The summed E-state index contributed by atoms with van der Waals surface area (Å²) in [5.41, 5.74) is 0.978. The van der Waals surface area contributed by atoms with Crippen LogP contribution in [-0.2, 0) is 66.4 Å². The maximum absolute atomic E-state index is 12.3. The number of rotatable bonds is 19. The number of fused-ring (bicyclic) bond motifs is 7. The van der Waals surface area contributed by atoms with Crippen LogP contribution >= 0.6 is 0 Å². The van der Waals surface area contributed by atoms with E-state index in [0.29, 0.717) is 43.4 Å². The molecule has 6 aliphatic heterocycles. The highest BCUT2D eigenvalue weighted by molar-refractivity contribution is 5.65. The predicted molar refractivity (Wildman–Crippen MR) is 296 cm³/mol. The number of carbonyl (C=O) groups is 1. The van der Waals surface area contributed by atoms with Crippen molar-refractivity contribution in [3.63, 3.8) is 0 Å². The summed E-state index contributed by atoms with van der Waals surface area (Å²) in [4.78, 5) is 12.3. The molecule has 88 heavy (non-hydrogen) atoms. The summed E-state index contributed by atoms with van der Waals surface area (Å²) >= 11 is 0. The normalized spacial score (nSPS) is 53.3. The third-order valence-electron chi connectivity index (χ3n) is 22.2. The van der Waals surface area contributed by atoms with Gasteiger partial charge in [-0.05, 0) is 106 Å². The van der Waals surface area contributed by atoms with E-state index in [1.165, 1.54) is 26.3 Å². The average Bonchev–Trinajstić information content (AvgIpc) is 1.51. The monoisotopic (exact) mass is 1270 g/mol. The fourth-order valence-electron chi connectivity index (χ4n) is 16.9. The highest BCUT2D eigenvalue weighted by atomic mass is 16.8. The molecule has 0 radical (unpaired) electrons. The third-order valence-corrected chi connectivity index (χ3v) is 22.2. The lowest BCUT2D eigenvalue weighted by Crippen LogP contribution is -2.67. The Labute approximate surface area is 511 Å². The molecule has 28 heteroatoms. The Morgan fingerprint density at radius 3 is 1.83 bits per heavy atom. The summed E-state index contributed by atoms with van der Waals surface area (Å²) in [6.45, 7) is 11.4. The van der Waals surface area contributed by atoms with Crippen molar-refractivity contribution in [3.05, 3.63) is 11.6 Å². The molecule has 0 aromatic carbocycles. The summed E-state index contributed by atoms with van der Waals surface area (Å²) in [7, 11) is 1.70. The van der Waals surface area contributed by atoms with Crippen LogP contribution in [0.2, 0.25) is 0 Å². The molecule has 6 heterocycles. The van der Waals surface area contributed by atoms with E-state index in [4.69, 9.17) is 61.6 Å². The molecule has 10 rings (SSSR count). The van der Waals surface area contributed by atoms with Gasteiger partial charge < -0.3 is 133 Å². The number of methoxy groups -OCH3 is 1. The van der Waals surface area contributed by atoms with Gasteiger partial charge in [0.1, 0.15) is 116 Å². The summed E-state index contributed by atoms with van der Waals surface area (Å²) < 4.78 is 79.7. The molecule has 0 aromatic rings. The van der Waals surface area contributed by atoms with Gasteiger partial charge in [-0.1, -0.05) is 39.3 Å². The minimum Gasteiger partial charge on any atom is -0.463 e. The molecule has 4 aliphatic carbocycles. The molecular formula is C60H98O28. The van der Waals surface area contributed by atoms with Gasteiger partial charge in [0.15, 0.2) is 37.2 Å². The number of aliphatic hydroxyl groups excluding tert-OH is 14. The smallest absolute Gasteiger partial charge is 0.302 e. The van der Waals surface area contributed by atoms with Gasteiger partial charge in [-0.25, -0.2) is 0 Å². The van der Waals surface area contributed by atoms with Crippen molar-refractivity contribution in [1.29, 1.82) is 0 Å². The van der Waals surface area contributed by atoms with E-state index in [-0.39, 0.29) is 41.3 Å². The molecule has 0 spiro atoms. The second-order valence-electron chi connectivity index (χ2n) is 27.4. The van der Waals surface area contributed by atoms with E-state index >= 15 is 0 Å². The third kappa shape index (κ3) is 12.8. The maximum Gasteiger partial charge on any atom is 0.302 e. The largest absolute Gasteiger partial charge is 0.463 e. The van der Waals surface area contributed by atoms with Crippen molar-refractivity contribution in [3.8, 4) is 0 Å². The molecule has 9 fully saturated rings. The van der Waals surface area contributed by atoms with Crippen LogP contribution in [0, 0.1) is 46.3 Å². The van der Waals surface area contributed by atoms with E-state index < -0.39 is 191 Å². The topological polar surface area (TPSA) is 420 Å². The van der Waals surface area contributed by atoms with Crippen LogP contribution in [0.5, 0.6) is 0 Å². The van der Waals surface area contributed by atoms with E-state index in [0.717, 1.165) is 32.1 Å². The Balaban J connectivity index is 0.832. The molecule has 36 unspecified atom stereocenters. The van der Waals surface area contributed by atoms with Crippen LogP contribution in [-0.4, -0.2) is 283 Å². The fraction of sp³-hybridized carbons (Fsp3) is 0.950. The second kappa shape index (κ2) is 27.5. The first-order valence-corrected chi connectivity index (χ1v) is 31.6. The second-order valence-corrected chi connectivity index (χ2v) is 27.4. The summed E-state index contributed by atoms with van der Waals surface area (Å²) in [6, 6.07) is 0. The van der Waals surface area contributed by atoms with Crippen molar-refractivity contribution >= 4 is 5.97 Å². The van der Waals surface area contributed by atoms with Crippen LogP contribution in [0.3, 0.4) is 0 Å². The van der Waals surface area contributed by atoms with Crippen LogP contribution in [0.4, 0.5) is 0 Å². The Morgan fingerprint density at radius 1 is 0.625 bits per heavy atom. The highest BCUT2D eigenvalue weighted by Crippen LogP contribution is 2.70. The number of aliphatic hydroxyl groups is 14. The van der Waals surface area contributed by atoms with E-state index in [2.05, 4.69) is 26.8 Å². The first kappa shape index (κ1) is 69.0. The van der Waals surface area contributed by atoms with Crippen molar-refractivity contribution < 1.29 is 138 Å². The molecule has 3 saturated carbocycles. The van der Waals surface area contributed by atoms with Crippen molar-refractivity contribution in [2.24, 2.45) is 46.3 Å². The minimum atomic E-state index is -1.99. The molecule has 0 amide bonds. The minimum absolute atomic E-state index is 0.0256. The van der Waals surface area contributed by atoms with Crippen LogP contribution in [0.25, 0.3) is 0 Å². The Morgan fingerprint density at radius 2 is 1.19 bits per heavy atom. The SMILES string of the molecule is COC1(CCC(C)COC2OC(CO)C(O)C(O)C2O)OC2CC3C4CC=C5CC(OC6OC(COC(C)=O)C(O)C(OC7OC(C)C(OC8OC(CO)C(O)C(O)C8O)C(O)C7O)C6OC6OC(C)C(O)C(O)C6O)CCC5(C)C4CCC3(C)C2C1C. The first-order chi connectivity index (χ1) is 41.6. The van der Waals surface area contributed by atoms with Gasteiger partial charge in [-0.2, -0.15) is 0 Å². The number of hydrogen-bond donors (Lipinski definition) is 14. The van der Waals surface area contributed by atoms with Gasteiger partial charge in [-0.15, -0.1) is 0 Å². The standard InChI is InChI=1S/C60H98O28/c1-23(21-78-53-46(72)43(69)39(65)34(19-61)82-53)11-16-60(76-8)24(2)37-33(88-60)18-32-30-10-9-28-17-29(12-14-58(28,6)31(30)13-15-59(32,37)7)81-57-52(87-54-47(73)42(68)38(64)25(3)79-54)51(41(67)36(84-57)22-77-27(5)63)86-55-49(75)45(71)50(26(4)80-55)85-56-48(74)44(70)40(66)35(20-62)83-56/h9,23-26,29-57,61-62,64-75H,10-22H2,1-8H3. The summed E-state index contributed by atoms with van der Waals surface area (Å²) in [5, 5.41) is 150. The van der Waals surface area contributed by atoms with Gasteiger partial charge >= 0.3 is 5.97 Å². The number of ether oxygens (including phenoxy) is 13. The zero-order valence-electron chi connectivity index (χ0n) is 51.3. The Bertz CT molecular complexity index is 2360. The lowest BCUT2D eigenvalue weighted by Gasteiger charge is -2.58. The molecule has 0 aromatic heterocycles. The van der Waals surface area contributed by atoms with Crippen molar-refractivity contribution in [1.82, 2.24) is 0 Å². The quantitative estimate of drug-likeness (QED) is 0.0455.